The molecule has 0 heterocycles. The van der Waals surface area contributed by atoms with E-state index in [1.165, 1.54) is 40.3 Å². The van der Waals surface area contributed by atoms with Crippen LogP contribution in [0.25, 0.3) is 10.8 Å². The van der Waals surface area contributed by atoms with Crippen LogP contribution < -0.4 is 5.32 Å². The zero-order valence-electron chi connectivity index (χ0n) is 13.8. The summed E-state index contributed by atoms with van der Waals surface area (Å²) in [6.07, 6.45) is 4.38. The average Bonchev–Trinajstić information content (AvgIpc) is 3.33. The van der Waals surface area contributed by atoms with Gasteiger partial charge in [0.25, 0.3) is 0 Å². The molecule has 0 radical (unpaired) electrons. The molecule has 1 fully saturated rings. The maximum absolute atomic E-state index is 3.89. The van der Waals surface area contributed by atoms with Crippen molar-refractivity contribution in [2.24, 2.45) is 0 Å². The third-order valence-electron chi connectivity index (χ3n) is 5.13. The van der Waals surface area contributed by atoms with Gasteiger partial charge in [-0.05, 0) is 49.9 Å². The molecule has 22 heavy (non-hydrogen) atoms. The monoisotopic (exact) mass is 291 g/mol. The third-order valence-corrected chi connectivity index (χ3v) is 5.13. The highest BCUT2D eigenvalue weighted by Gasteiger charge is 2.45. The molecule has 0 bridgehead atoms. The van der Waals surface area contributed by atoms with Crippen molar-refractivity contribution in [1.82, 2.24) is 5.32 Å². The first-order valence-corrected chi connectivity index (χ1v) is 8.13. The standard InChI is InChI=1S/C21H25N/c1-5-15(2)16(3)17(4)22-21(13-14-21)20-12-8-10-18-9-6-7-11-19(18)20/h5-12,17,22H,1,13-14H2,2-4H3/b16-15+/t17-/m1/s1. The molecule has 0 spiro atoms. The third kappa shape index (κ3) is 2.62. The molecule has 0 saturated heterocycles. The van der Waals surface area contributed by atoms with E-state index in [0.717, 1.165) is 0 Å². The van der Waals surface area contributed by atoms with Gasteiger partial charge in [0.05, 0.1) is 0 Å². The summed E-state index contributed by atoms with van der Waals surface area (Å²) in [5.41, 5.74) is 4.24. The molecule has 2 aromatic carbocycles. The fourth-order valence-corrected chi connectivity index (χ4v) is 3.28. The van der Waals surface area contributed by atoms with Crippen molar-refractivity contribution in [1.29, 1.82) is 0 Å². The van der Waals surface area contributed by atoms with Crippen LogP contribution in [0.4, 0.5) is 0 Å². The molecular formula is C21H25N. The van der Waals surface area contributed by atoms with E-state index in [2.05, 4.69) is 75.1 Å². The second-order valence-corrected chi connectivity index (χ2v) is 6.54. The fourth-order valence-electron chi connectivity index (χ4n) is 3.28. The Kier molecular flexibility index (Phi) is 3.92. The van der Waals surface area contributed by atoms with Crippen molar-refractivity contribution >= 4 is 10.8 Å². The van der Waals surface area contributed by atoms with Gasteiger partial charge in [0.15, 0.2) is 0 Å². The zero-order valence-corrected chi connectivity index (χ0v) is 13.8. The second-order valence-electron chi connectivity index (χ2n) is 6.54. The summed E-state index contributed by atoms with van der Waals surface area (Å²) in [5.74, 6) is 0. The molecule has 1 N–H and O–H groups in total. The van der Waals surface area contributed by atoms with E-state index in [-0.39, 0.29) is 5.54 Å². The van der Waals surface area contributed by atoms with Gasteiger partial charge in [-0.2, -0.15) is 0 Å². The van der Waals surface area contributed by atoms with Crippen LogP contribution >= 0.6 is 0 Å². The number of fused-ring (bicyclic) bond motifs is 1. The highest BCUT2D eigenvalue weighted by atomic mass is 15.0. The minimum absolute atomic E-state index is 0.142. The predicted octanol–water partition coefficient (Wildman–Crippen LogP) is 5.33. The van der Waals surface area contributed by atoms with Gasteiger partial charge in [-0.25, -0.2) is 0 Å². The smallest absolute Gasteiger partial charge is 0.0446 e. The van der Waals surface area contributed by atoms with Crippen LogP contribution in [-0.2, 0) is 5.54 Å². The first-order valence-electron chi connectivity index (χ1n) is 8.13. The van der Waals surface area contributed by atoms with Crippen molar-refractivity contribution in [2.75, 3.05) is 0 Å². The lowest BCUT2D eigenvalue weighted by atomic mass is 9.95. The van der Waals surface area contributed by atoms with Crippen molar-refractivity contribution in [3.8, 4) is 0 Å². The maximum atomic E-state index is 3.89. The molecule has 1 nitrogen and oxygen atoms in total. The Hall–Kier alpha value is -1.86. The van der Waals surface area contributed by atoms with Gasteiger partial charge in [-0.3, -0.25) is 0 Å². The summed E-state index contributed by atoms with van der Waals surface area (Å²) >= 11 is 0. The minimum Gasteiger partial charge on any atom is -0.301 e. The maximum Gasteiger partial charge on any atom is 0.0446 e. The van der Waals surface area contributed by atoms with E-state index in [0.29, 0.717) is 6.04 Å². The van der Waals surface area contributed by atoms with Crippen LogP contribution in [0.2, 0.25) is 0 Å². The Morgan fingerprint density at radius 3 is 2.50 bits per heavy atom. The van der Waals surface area contributed by atoms with Crippen molar-refractivity contribution < 1.29 is 0 Å². The van der Waals surface area contributed by atoms with Crippen LogP contribution in [0.15, 0.2) is 66.3 Å². The Morgan fingerprint density at radius 1 is 1.14 bits per heavy atom. The Labute approximate surface area is 133 Å². The van der Waals surface area contributed by atoms with E-state index in [9.17, 15) is 0 Å². The lowest BCUT2D eigenvalue weighted by Gasteiger charge is -2.26. The van der Waals surface area contributed by atoms with Crippen molar-refractivity contribution in [3.63, 3.8) is 0 Å². The Bertz CT molecular complexity index is 729. The normalized spacial score (nSPS) is 18.7. The topological polar surface area (TPSA) is 12.0 Å². The van der Waals surface area contributed by atoms with Gasteiger partial charge in [-0.15, -0.1) is 0 Å². The number of allylic oxidation sites excluding steroid dienone is 2. The van der Waals surface area contributed by atoms with E-state index in [1.54, 1.807) is 0 Å². The van der Waals surface area contributed by atoms with E-state index >= 15 is 0 Å². The van der Waals surface area contributed by atoms with Crippen LogP contribution in [0.1, 0.15) is 39.2 Å². The highest BCUT2D eigenvalue weighted by Crippen LogP contribution is 2.48. The Balaban J connectivity index is 1.95. The number of nitrogens with one attached hydrogen (secondary N) is 1. The molecule has 1 aliphatic carbocycles. The van der Waals surface area contributed by atoms with Crippen molar-refractivity contribution in [2.45, 2.75) is 45.2 Å². The van der Waals surface area contributed by atoms with Gasteiger partial charge in [-0.1, -0.05) is 66.3 Å². The molecule has 0 amide bonds. The summed E-state index contributed by atoms with van der Waals surface area (Å²) in [4.78, 5) is 0. The van der Waals surface area contributed by atoms with E-state index in [4.69, 9.17) is 0 Å². The van der Waals surface area contributed by atoms with Gasteiger partial charge in [0, 0.05) is 11.6 Å². The highest BCUT2D eigenvalue weighted by molar-refractivity contribution is 5.87. The fraction of sp³-hybridized carbons (Fsp3) is 0.333. The summed E-state index contributed by atoms with van der Waals surface area (Å²) in [6.45, 7) is 10.5. The molecule has 114 valence electrons. The van der Waals surface area contributed by atoms with Gasteiger partial charge < -0.3 is 5.32 Å². The first kappa shape index (κ1) is 15.1. The second kappa shape index (κ2) is 5.73. The molecule has 3 rings (SSSR count). The van der Waals surface area contributed by atoms with Gasteiger partial charge >= 0.3 is 0 Å². The average molecular weight is 291 g/mol. The van der Waals surface area contributed by atoms with E-state index in [1.807, 2.05) is 6.08 Å². The largest absolute Gasteiger partial charge is 0.301 e. The van der Waals surface area contributed by atoms with Crippen LogP contribution in [0.3, 0.4) is 0 Å². The van der Waals surface area contributed by atoms with Crippen LogP contribution in [-0.4, -0.2) is 6.04 Å². The van der Waals surface area contributed by atoms with Gasteiger partial charge in [0.1, 0.15) is 0 Å². The lowest BCUT2D eigenvalue weighted by Crippen LogP contribution is -2.37. The number of hydrogen-bond acceptors (Lipinski definition) is 1. The minimum atomic E-state index is 0.142. The summed E-state index contributed by atoms with van der Waals surface area (Å²) in [7, 11) is 0. The summed E-state index contributed by atoms with van der Waals surface area (Å²) in [5, 5.41) is 6.59. The molecular weight excluding hydrogens is 266 g/mol. The van der Waals surface area contributed by atoms with Gasteiger partial charge in [0.2, 0.25) is 0 Å². The van der Waals surface area contributed by atoms with E-state index < -0.39 is 0 Å². The number of benzene rings is 2. The predicted molar refractivity (Wildman–Crippen MR) is 96.0 cm³/mol. The molecule has 0 unspecified atom stereocenters. The molecule has 2 aromatic rings. The van der Waals surface area contributed by atoms with Crippen molar-refractivity contribution in [3.05, 3.63) is 71.8 Å². The summed E-state index contributed by atoms with van der Waals surface area (Å²) < 4.78 is 0. The summed E-state index contributed by atoms with van der Waals surface area (Å²) in [6, 6.07) is 15.7. The van der Waals surface area contributed by atoms with Crippen LogP contribution in [0, 0.1) is 0 Å². The molecule has 1 aliphatic rings. The zero-order chi connectivity index (χ0) is 15.7. The van der Waals surface area contributed by atoms with Crippen LogP contribution in [0.5, 0.6) is 0 Å². The quantitative estimate of drug-likeness (QED) is 0.734. The SMILES string of the molecule is C=C/C(C)=C(\C)[C@@H](C)NC1(c2cccc3ccccc23)CC1. The molecule has 1 saturated carbocycles. The molecule has 0 aliphatic heterocycles. The molecule has 1 heteroatoms. The Morgan fingerprint density at radius 2 is 1.82 bits per heavy atom. The molecule has 0 aromatic heterocycles. The first-order chi connectivity index (χ1) is 10.6. The molecule has 1 atom stereocenters. The lowest BCUT2D eigenvalue weighted by molar-refractivity contribution is 0.475. The number of rotatable bonds is 5. The number of hydrogen-bond donors (Lipinski definition) is 1.